The first kappa shape index (κ1) is 15.5. The second kappa shape index (κ2) is 7.22. The van der Waals surface area contributed by atoms with E-state index >= 15 is 0 Å². The van der Waals surface area contributed by atoms with E-state index in [9.17, 15) is 9.59 Å². The number of carbonyl (C=O) groups is 2. The molecule has 0 aromatic heterocycles. The van der Waals surface area contributed by atoms with Crippen molar-refractivity contribution in [2.75, 3.05) is 26.2 Å². The summed E-state index contributed by atoms with van der Waals surface area (Å²) in [5.74, 6) is -0.274. The van der Waals surface area contributed by atoms with Crippen LogP contribution in [0.2, 0.25) is 0 Å². The maximum Gasteiger partial charge on any atom is 0.242 e. The molecule has 1 N–H and O–H groups in total. The Morgan fingerprint density at radius 1 is 1.33 bits per heavy atom. The molecule has 114 valence electrons. The summed E-state index contributed by atoms with van der Waals surface area (Å²) in [4.78, 5) is 25.4. The summed E-state index contributed by atoms with van der Waals surface area (Å²) in [6, 6.07) is 9.87. The van der Waals surface area contributed by atoms with Crippen LogP contribution in [0.3, 0.4) is 0 Å². The molecule has 1 heterocycles. The molecule has 2 amide bonds. The molecule has 1 unspecified atom stereocenters. The summed E-state index contributed by atoms with van der Waals surface area (Å²) < 4.78 is 5.73. The van der Waals surface area contributed by atoms with E-state index in [-0.39, 0.29) is 30.4 Å². The fraction of sp³-hybridized carbons (Fsp3) is 0.500. The van der Waals surface area contributed by atoms with E-state index in [0.717, 1.165) is 5.56 Å². The molecule has 1 aliphatic rings. The molecule has 0 radical (unpaired) electrons. The Balaban J connectivity index is 1.89. The highest BCUT2D eigenvalue weighted by Crippen LogP contribution is 2.21. The number of nitrogens with one attached hydrogen (secondary N) is 1. The smallest absolute Gasteiger partial charge is 0.242 e. The number of hydrogen-bond donors (Lipinski definition) is 1. The number of ether oxygens (including phenoxy) is 1. The molecule has 0 bridgehead atoms. The van der Waals surface area contributed by atoms with Gasteiger partial charge in [0, 0.05) is 12.5 Å². The second-order valence-electron chi connectivity index (χ2n) is 5.48. The molecule has 1 fully saturated rings. The van der Waals surface area contributed by atoms with E-state index in [1.807, 2.05) is 30.3 Å². The monoisotopic (exact) mass is 290 g/mol. The van der Waals surface area contributed by atoms with Gasteiger partial charge in [0.15, 0.2) is 0 Å². The summed E-state index contributed by atoms with van der Waals surface area (Å²) in [5, 5.41) is 2.66. The zero-order valence-corrected chi connectivity index (χ0v) is 12.5. The fourth-order valence-electron chi connectivity index (χ4n) is 2.22. The van der Waals surface area contributed by atoms with Crippen molar-refractivity contribution >= 4 is 11.8 Å². The van der Waals surface area contributed by atoms with Crippen LogP contribution in [0, 0.1) is 5.92 Å². The molecule has 0 spiro atoms. The Bertz CT molecular complexity index is 488. The highest BCUT2D eigenvalue weighted by molar-refractivity contribution is 5.85. The lowest BCUT2D eigenvalue weighted by Crippen LogP contribution is -2.47. The molecule has 2 rings (SSSR count). The second-order valence-corrected chi connectivity index (χ2v) is 5.48. The minimum atomic E-state index is -0.112. The zero-order valence-electron chi connectivity index (χ0n) is 12.5. The molecule has 1 aromatic carbocycles. The largest absolute Gasteiger partial charge is 0.370 e. The third-order valence-electron chi connectivity index (χ3n) is 3.53. The van der Waals surface area contributed by atoms with E-state index < -0.39 is 0 Å². The minimum absolute atomic E-state index is 0.0541. The van der Waals surface area contributed by atoms with E-state index in [1.165, 1.54) is 0 Å². The van der Waals surface area contributed by atoms with Crippen molar-refractivity contribution in [1.29, 1.82) is 0 Å². The van der Waals surface area contributed by atoms with E-state index in [0.29, 0.717) is 19.7 Å². The van der Waals surface area contributed by atoms with Crippen LogP contribution >= 0.6 is 0 Å². The first-order chi connectivity index (χ1) is 10.1. The maximum absolute atomic E-state index is 12.2. The maximum atomic E-state index is 12.2. The van der Waals surface area contributed by atoms with Gasteiger partial charge >= 0.3 is 0 Å². The summed E-state index contributed by atoms with van der Waals surface area (Å²) in [6.45, 7) is 5.28. The van der Waals surface area contributed by atoms with Crippen molar-refractivity contribution in [1.82, 2.24) is 10.2 Å². The number of carbonyl (C=O) groups excluding carboxylic acids is 2. The highest BCUT2D eigenvalue weighted by Gasteiger charge is 2.25. The van der Waals surface area contributed by atoms with Gasteiger partial charge in [0.25, 0.3) is 0 Å². The van der Waals surface area contributed by atoms with Crippen LogP contribution in [0.4, 0.5) is 0 Å². The molecule has 1 atom stereocenters. The van der Waals surface area contributed by atoms with Gasteiger partial charge in [-0.3, -0.25) is 9.59 Å². The van der Waals surface area contributed by atoms with Gasteiger partial charge in [-0.25, -0.2) is 0 Å². The first-order valence-electron chi connectivity index (χ1n) is 7.30. The number of benzene rings is 1. The van der Waals surface area contributed by atoms with Crippen LogP contribution < -0.4 is 5.32 Å². The van der Waals surface area contributed by atoms with Crippen molar-refractivity contribution < 1.29 is 14.3 Å². The average Bonchev–Trinajstić information content (AvgIpc) is 2.53. The Kier molecular flexibility index (Phi) is 5.33. The highest BCUT2D eigenvalue weighted by atomic mass is 16.5. The van der Waals surface area contributed by atoms with Crippen molar-refractivity contribution in [2.24, 2.45) is 5.92 Å². The van der Waals surface area contributed by atoms with Crippen LogP contribution in [0.5, 0.6) is 0 Å². The normalized spacial score (nSPS) is 18.6. The number of nitrogens with zero attached hydrogens (tertiary/aromatic N) is 1. The van der Waals surface area contributed by atoms with Gasteiger partial charge in [0.2, 0.25) is 11.8 Å². The van der Waals surface area contributed by atoms with Crippen LogP contribution in [0.1, 0.15) is 25.5 Å². The summed E-state index contributed by atoms with van der Waals surface area (Å²) in [6.07, 6.45) is -0.0929. The first-order valence-corrected chi connectivity index (χ1v) is 7.30. The quantitative estimate of drug-likeness (QED) is 0.911. The van der Waals surface area contributed by atoms with E-state index in [1.54, 1.807) is 18.7 Å². The van der Waals surface area contributed by atoms with Crippen molar-refractivity contribution in [3.63, 3.8) is 0 Å². The lowest BCUT2D eigenvalue weighted by atomic mass is 10.1. The number of rotatable bonds is 4. The van der Waals surface area contributed by atoms with Gasteiger partial charge < -0.3 is 15.0 Å². The van der Waals surface area contributed by atoms with Crippen LogP contribution in [0.25, 0.3) is 0 Å². The van der Waals surface area contributed by atoms with Gasteiger partial charge in [-0.1, -0.05) is 44.2 Å². The van der Waals surface area contributed by atoms with Gasteiger partial charge in [-0.2, -0.15) is 0 Å². The van der Waals surface area contributed by atoms with Gasteiger partial charge in [0.1, 0.15) is 6.10 Å². The lowest BCUT2D eigenvalue weighted by molar-refractivity contribution is -0.139. The van der Waals surface area contributed by atoms with Crippen LogP contribution in [-0.2, 0) is 14.3 Å². The number of amides is 2. The van der Waals surface area contributed by atoms with Crippen molar-refractivity contribution in [3.05, 3.63) is 35.9 Å². The van der Waals surface area contributed by atoms with Crippen molar-refractivity contribution in [2.45, 2.75) is 20.0 Å². The molecule has 5 heteroatoms. The van der Waals surface area contributed by atoms with Gasteiger partial charge in [-0.05, 0) is 5.56 Å². The zero-order chi connectivity index (χ0) is 15.2. The number of morpholine rings is 1. The molecule has 1 aliphatic heterocycles. The standard InChI is InChI=1S/C16H22N2O3/c1-12(2)16(20)17-10-15(19)18-8-9-21-14(11-18)13-6-4-3-5-7-13/h3-7,12,14H,8-11H2,1-2H3,(H,17,20). The topological polar surface area (TPSA) is 58.6 Å². The molecule has 5 nitrogen and oxygen atoms in total. The Morgan fingerprint density at radius 2 is 2.05 bits per heavy atom. The molecular formula is C16H22N2O3. The third kappa shape index (κ3) is 4.29. The third-order valence-corrected chi connectivity index (χ3v) is 3.53. The molecule has 1 saturated heterocycles. The molecular weight excluding hydrogens is 268 g/mol. The molecule has 0 saturated carbocycles. The van der Waals surface area contributed by atoms with E-state index in [2.05, 4.69) is 5.32 Å². The van der Waals surface area contributed by atoms with Crippen LogP contribution in [-0.4, -0.2) is 43.0 Å². The predicted octanol–water partition coefficient (Wildman–Crippen LogP) is 1.36. The molecule has 0 aliphatic carbocycles. The van der Waals surface area contributed by atoms with Crippen LogP contribution in [0.15, 0.2) is 30.3 Å². The number of hydrogen-bond acceptors (Lipinski definition) is 3. The predicted molar refractivity (Wildman–Crippen MR) is 79.6 cm³/mol. The van der Waals surface area contributed by atoms with Crippen molar-refractivity contribution in [3.8, 4) is 0 Å². The summed E-state index contributed by atoms with van der Waals surface area (Å²) >= 11 is 0. The van der Waals surface area contributed by atoms with Gasteiger partial charge in [-0.15, -0.1) is 0 Å². The summed E-state index contributed by atoms with van der Waals surface area (Å²) in [5.41, 5.74) is 1.07. The minimum Gasteiger partial charge on any atom is -0.370 e. The molecule has 21 heavy (non-hydrogen) atoms. The van der Waals surface area contributed by atoms with Gasteiger partial charge in [0.05, 0.1) is 19.7 Å². The SMILES string of the molecule is CC(C)C(=O)NCC(=O)N1CCOC(c2ccccc2)C1. The lowest BCUT2D eigenvalue weighted by Gasteiger charge is -2.33. The Morgan fingerprint density at radius 3 is 2.71 bits per heavy atom. The van der Waals surface area contributed by atoms with E-state index in [4.69, 9.17) is 4.74 Å². The Labute approximate surface area is 125 Å². The molecule has 1 aromatic rings. The fourth-order valence-corrected chi connectivity index (χ4v) is 2.22. The Hall–Kier alpha value is -1.88. The summed E-state index contributed by atoms with van der Waals surface area (Å²) in [7, 11) is 0. The average molecular weight is 290 g/mol.